The number of alkyl halides is 1. The maximum Gasteiger partial charge on any atom is 0.215 e. The molecule has 20 heavy (non-hydrogen) atoms. The quantitative estimate of drug-likeness (QED) is 0.751. The van der Waals surface area contributed by atoms with E-state index < -0.39 is 0 Å². The van der Waals surface area contributed by atoms with Crippen molar-refractivity contribution >= 4 is 22.8 Å². The van der Waals surface area contributed by atoms with Gasteiger partial charge in [0.15, 0.2) is 5.65 Å². The van der Waals surface area contributed by atoms with Crippen LogP contribution >= 0.6 is 11.6 Å². The highest BCUT2D eigenvalue weighted by Crippen LogP contribution is 2.27. The van der Waals surface area contributed by atoms with E-state index in [-0.39, 0.29) is 0 Å². The zero-order valence-corrected chi connectivity index (χ0v) is 13.3. The van der Waals surface area contributed by atoms with Crippen molar-refractivity contribution in [3.63, 3.8) is 0 Å². The molecule has 4 nitrogen and oxygen atoms in total. The van der Waals surface area contributed by atoms with Gasteiger partial charge in [0, 0.05) is 12.1 Å². The summed E-state index contributed by atoms with van der Waals surface area (Å²) >= 11 is 6.05. The molecule has 0 aliphatic carbocycles. The molecule has 0 aliphatic heterocycles. The second-order valence-electron chi connectivity index (χ2n) is 5.33. The number of fused-ring (bicyclic) bond motifs is 1. The summed E-state index contributed by atoms with van der Waals surface area (Å²) in [6.45, 7) is 6.68. The fourth-order valence-corrected chi connectivity index (χ4v) is 2.72. The summed E-state index contributed by atoms with van der Waals surface area (Å²) in [7, 11) is 1.62. The molecule has 2 atom stereocenters. The van der Waals surface area contributed by atoms with Crippen LogP contribution in [0.15, 0.2) is 12.1 Å². The average Bonchev–Trinajstić information content (AvgIpc) is 2.84. The van der Waals surface area contributed by atoms with Crippen molar-refractivity contribution in [3.8, 4) is 5.88 Å². The zero-order valence-electron chi connectivity index (χ0n) is 12.6. The van der Waals surface area contributed by atoms with Crippen molar-refractivity contribution in [1.82, 2.24) is 14.5 Å². The van der Waals surface area contributed by atoms with Crippen molar-refractivity contribution in [2.45, 2.75) is 45.5 Å². The Bertz CT molecular complexity index is 582. The molecule has 0 spiro atoms. The molecule has 2 aromatic rings. The van der Waals surface area contributed by atoms with E-state index in [1.807, 2.05) is 12.1 Å². The molecule has 110 valence electrons. The third kappa shape index (κ3) is 2.90. The van der Waals surface area contributed by atoms with Crippen LogP contribution in [0.25, 0.3) is 11.2 Å². The number of aromatic nitrogens is 3. The number of rotatable bonds is 6. The van der Waals surface area contributed by atoms with E-state index >= 15 is 0 Å². The maximum atomic E-state index is 6.05. The Balaban J connectivity index is 2.47. The Kier molecular flexibility index (Phi) is 4.86. The van der Waals surface area contributed by atoms with E-state index in [1.54, 1.807) is 7.11 Å². The summed E-state index contributed by atoms with van der Waals surface area (Å²) in [5, 5.41) is 0. The molecule has 2 aromatic heterocycles. The Labute approximate surface area is 125 Å². The first-order chi connectivity index (χ1) is 9.60. The highest BCUT2D eigenvalue weighted by Gasteiger charge is 2.18. The van der Waals surface area contributed by atoms with Crippen LogP contribution in [0.3, 0.4) is 0 Å². The van der Waals surface area contributed by atoms with Crippen molar-refractivity contribution in [2.24, 2.45) is 5.92 Å². The lowest BCUT2D eigenvalue weighted by Crippen LogP contribution is -2.12. The average molecular weight is 296 g/mol. The van der Waals surface area contributed by atoms with Gasteiger partial charge in [-0.3, -0.25) is 0 Å². The van der Waals surface area contributed by atoms with Crippen LogP contribution in [0, 0.1) is 5.92 Å². The molecule has 0 N–H and O–H groups in total. The standard InChI is InChI=1S/C15H22ClN3O/c1-5-10(2)8-11(3)19-13(9-16)17-12-6-7-14(20-4)18-15(12)19/h6-7,10-11H,5,8-9H2,1-4H3. The summed E-state index contributed by atoms with van der Waals surface area (Å²) in [6.07, 6.45) is 2.26. The molecular weight excluding hydrogens is 274 g/mol. The topological polar surface area (TPSA) is 39.9 Å². The lowest BCUT2D eigenvalue weighted by Gasteiger charge is -2.19. The lowest BCUT2D eigenvalue weighted by atomic mass is 10.0. The second kappa shape index (κ2) is 6.44. The van der Waals surface area contributed by atoms with E-state index in [0.717, 1.165) is 23.4 Å². The normalized spacial score (nSPS) is 14.4. The minimum absolute atomic E-state index is 0.323. The molecule has 2 heterocycles. The van der Waals surface area contributed by atoms with Gasteiger partial charge in [0.25, 0.3) is 0 Å². The van der Waals surface area contributed by atoms with Gasteiger partial charge in [-0.15, -0.1) is 11.6 Å². The molecule has 0 aliphatic rings. The minimum atomic E-state index is 0.323. The summed E-state index contributed by atoms with van der Waals surface area (Å²) < 4.78 is 7.37. The Hall–Kier alpha value is -1.29. The first-order valence-corrected chi connectivity index (χ1v) is 7.61. The summed E-state index contributed by atoms with van der Waals surface area (Å²) in [6, 6.07) is 4.09. The lowest BCUT2D eigenvalue weighted by molar-refractivity contribution is 0.389. The van der Waals surface area contributed by atoms with E-state index in [9.17, 15) is 0 Å². The van der Waals surface area contributed by atoms with Crippen LogP contribution in [0.4, 0.5) is 0 Å². The van der Waals surface area contributed by atoms with Crippen LogP contribution in [0.1, 0.15) is 45.5 Å². The summed E-state index contributed by atoms with van der Waals surface area (Å²) in [5.41, 5.74) is 1.73. The van der Waals surface area contributed by atoms with Gasteiger partial charge in [0.05, 0.1) is 13.0 Å². The van der Waals surface area contributed by atoms with Crippen LogP contribution in [0.2, 0.25) is 0 Å². The van der Waals surface area contributed by atoms with Crippen LogP contribution in [-0.2, 0) is 5.88 Å². The zero-order chi connectivity index (χ0) is 14.7. The SMILES string of the molecule is CCC(C)CC(C)n1c(CCl)nc2ccc(OC)nc21. The number of imidazole rings is 1. The molecular formula is C15H22ClN3O. The van der Waals surface area contributed by atoms with Crippen LogP contribution in [-0.4, -0.2) is 21.6 Å². The van der Waals surface area contributed by atoms with Gasteiger partial charge in [-0.1, -0.05) is 20.3 Å². The predicted octanol–water partition coefficient (Wildman–Crippen LogP) is 4.18. The van der Waals surface area contributed by atoms with E-state index in [2.05, 4.69) is 35.3 Å². The van der Waals surface area contributed by atoms with E-state index in [4.69, 9.17) is 16.3 Å². The molecule has 0 amide bonds. The second-order valence-corrected chi connectivity index (χ2v) is 5.59. The summed E-state index contributed by atoms with van der Waals surface area (Å²) in [5.74, 6) is 2.54. The number of hydrogen-bond donors (Lipinski definition) is 0. The van der Waals surface area contributed by atoms with Gasteiger partial charge in [-0.2, -0.15) is 4.98 Å². The predicted molar refractivity (Wildman–Crippen MR) is 82.4 cm³/mol. The minimum Gasteiger partial charge on any atom is -0.481 e. The smallest absolute Gasteiger partial charge is 0.215 e. The van der Waals surface area contributed by atoms with Gasteiger partial charge in [0.1, 0.15) is 11.3 Å². The van der Waals surface area contributed by atoms with Crippen LogP contribution < -0.4 is 4.74 Å². The highest BCUT2D eigenvalue weighted by molar-refractivity contribution is 6.16. The molecule has 0 aromatic carbocycles. The number of nitrogens with zero attached hydrogens (tertiary/aromatic N) is 3. The number of methoxy groups -OCH3 is 1. The first kappa shape index (κ1) is 15.1. The maximum absolute atomic E-state index is 6.05. The van der Waals surface area contributed by atoms with Crippen molar-refractivity contribution in [3.05, 3.63) is 18.0 Å². The Morgan fingerprint density at radius 1 is 1.30 bits per heavy atom. The van der Waals surface area contributed by atoms with Gasteiger partial charge in [0.2, 0.25) is 5.88 Å². The molecule has 2 rings (SSSR count). The Morgan fingerprint density at radius 3 is 2.65 bits per heavy atom. The van der Waals surface area contributed by atoms with Crippen LogP contribution in [0.5, 0.6) is 5.88 Å². The molecule has 0 saturated heterocycles. The fraction of sp³-hybridized carbons (Fsp3) is 0.600. The van der Waals surface area contributed by atoms with Gasteiger partial charge < -0.3 is 9.30 Å². The fourth-order valence-electron chi connectivity index (χ4n) is 2.53. The number of halogens is 1. The van der Waals surface area contributed by atoms with Crippen molar-refractivity contribution in [2.75, 3.05) is 7.11 Å². The monoisotopic (exact) mass is 295 g/mol. The summed E-state index contributed by atoms with van der Waals surface area (Å²) in [4.78, 5) is 9.11. The van der Waals surface area contributed by atoms with Gasteiger partial charge in [-0.25, -0.2) is 4.98 Å². The molecule has 5 heteroatoms. The third-order valence-corrected chi connectivity index (χ3v) is 4.03. The third-order valence-electron chi connectivity index (χ3n) is 3.79. The highest BCUT2D eigenvalue weighted by atomic mass is 35.5. The van der Waals surface area contributed by atoms with Gasteiger partial charge in [-0.05, 0) is 25.3 Å². The molecule has 0 fully saturated rings. The molecule has 0 radical (unpaired) electrons. The van der Waals surface area contributed by atoms with Crippen molar-refractivity contribution in [1.29, 1.82) is 0 Å². The molecule has 0 bridgehead atoms. The number of hydrogen-bond acceptors (Lipinski definition) is 3. The largest absolute Gasteiger partial charge is 0.481 e. The van der Waals surface area contributed by atoms with Gasteiger partial charge >= 0.3 is 0 Å². The number of ether oxygens (including phenoxy) is 1. The first-order valence-electron chi connectivity index (χ1n) is 7.08. The molecule has 2 unspecified atom stereocenters. The number of pyridine rings is 1. The van der Waals surface area contributed by atoms with E-state index in [1.165, 1.54) is 6.42 Å². The Morgan fingerprint density at radius 2 is 2.05 bits per heavy atom. The van der Waals surface area contributed by atoms with E-state index in [0.29, 0.717) is 23.7 Å². The van der Waals surface area contributed by atoms with Crippen molar-refractivity contribution < 1.29 is 4.74 Å². The molecule has 0 saturated carbocycles.